The summed E-state index contributed by atoms with van der Waals surface area (Å²) in [6.07, 6.45) is 4.05. The van der Waals surface area contributed by atoms with Crippen molar-refractivity contribution < 1.29 is 18.3 Å². The molecule has 0 spiro atoms. The maximum Gasteiger partial charge on any atom is 0.404 e. The Kier molecular flexibility index (Phi) is 6.99. The molecule has 0 bridgehead atoms. The van der Waals surface area contributed by atoms with Crippen molar-refractivity contribution in [2.24, 2.45) is 0 Å². The fourth-order valence-electron chi connectivity index (χ4n) is 3.74. The number of carbonyl (C=O) groups is 1. The van der Waals surface area contributed by atoms with Gasteiger partial charge in [-0.1, -0.05) is 13.0 Å². The van der Waals surface area contributed by atoms with Gasteiger partial charge in [-0.25, -0.2) is 22.9 Å². The van der Waals surface area contributed by atoms with Crippen molar-refractivity contribution in [1.82, 2.24) is 15.0 Å². The predicted octanol–water partition coefficient (Wildman–Crippen LogP) is 3.47. The summed E-state index contributed by atoms with van der Waals surface area (Å²) in [6, 6.07) is 5.43. The van der Waals surface area contributed by atoms with E-state index in [0.29, 0.717) is 12.1 Å². The van der Waals surface area contributed by atoms with Crippen molar-refractivity contribution in [2.75, 3.05) is 25.5 Å². The van der Waals surface area contributed by atoms with Gasteiger partial charge >= 0.3 is 6.09 Å². The molecular weight excluding hydrogens is 424 g/mol. The summed E-state index contributed by atoms with van der Waals surface area (Å²) < 4.78 is 28.3. The van der Waals surface area contributed by atoms with Crippen LogP contribution in [0.1, 0.15) is 43.5 Å². The minimum atomic E-state index is -3.64. The number of thiazole rings is 1. The SMILES string of the molecule is CCNS(=O)(=O)c1cc(N(C)C)ccc1-c1cnc(C2CCC(NC(=O)O)CC2)s1. The van der Waals surface area contributed by atoms with Gasteiger partial charge in [0.05, 0.1) is 14.8 Å². The Labute approximate surface area is 181 Å². The Morgan fingerprint density at radius 1 is 1.27 bits per heavy atom. The average molecular weight is 453 g/mol. The number of anilines is 1. The largest absolute Gasteiger partial charge is 0.465 e. The van der Waals surface area contributed by atoms with Crippen molar-refractivity contribution in [3.05, 3.63) is 29.4 Å². The summed E-state index contributed by atoms with van der Waals surface area (Å²) in [7, 11) is 0.107. The quantitative estimate of drug-likeness (QED) is 0.593. The number of rotatable bonds is 7. The van der Waals surface area contributed by atoms with Gasteiger partial charge in [0, 0.05) is 50.0 Å². The molecule has 2 aromatic rings. The van der Waals surface area contributed by atoms with Gasteiger partial charge < -0.3 is 15.3 Å². The molecule has 1 aromatic heterocycles. The molecule has 1 amide bonds. The highest BCUT2D eigenvalue weighted by Crippen LogP contribution is 2.40. The maximum absolute atomic E-state index is 12.8. The Morgan fingerprint density at radius 2 is 1.97 bits per heavy atom. The van der Waals surface area contributed by atoms with Crippen molar-refractivity contribution >= 4 is 33.1 Å². The van der Waals surface area contributed by atoms with Gasteiger partial charge in [-0.15, -0.1) is 11.3 Å². The molecule has 0 saturated heterocycles. The van der Waals surface area contributed by atoms with E-state index < -0.39 is 16.1 Å². The lowest BCUT2D eigenvalue weighted by molar-refractivity contribution is 0.185. The molecule has 1 saturated carbocycles. The number of sulfonamides is 1. The zero-order valence-corrected chi connectivity index (χ0v) is 19.0. The first-order valence-electron chi connectivity index (χ1n) is 9.98. The van der Waals surface area contributed by atoms with Crippen molar-refractivity contribution in [2.45, 2.75) is 49.5 Å². The van der Waals surface area contributed by atoms with Crippen molar-refractivity contribution in [3.63, 3.8) is 0 Å². The van der Waals surface area contributed by atoms with Crippen LogP contribution in [0.25, 0.3) is 10.4 Å². The second-order valence-corrected chi connectivity index (χ2v) is 10.4. The number of benzene rings is 1. The van der Waals surface area contributed by atoms with Crippen LogP contribution in [0.2, 0.25) is 0 Å². The van der Waals surface area contributed by atoms with Crippen LogP contribution in [0.5, 0.6) is 0 Å². The molecule has 10 heteroatoms. The van der Waals surface area contributed by atoms with Crippen LogP contribution in [0, 0.1) is 0 Å². The van der Waals surface area contributed by atoms with E-state index in [2.05, 4.69) is 15.0 Å². The van der Waals surface area contributed by atoms with Gasteiger partial charge in [-0.2, -0.15) is 0 Å². The molecule has 0 radical (unpaired) electrons. The van der Waals surface area contributed by atoms with Crippen molar-refractivity contribution in [1.29, 1.82) is 0 Å². The third-order valence-electron chi connectivity index (χ3n) is 5.30. The number of carboxylic acid groups (broad SMARTS) is 1. The Hall–Kier alpha value is -2.17. The van der Waals surface area contributed by atoms with E-state index in [9.17, 15) is 13.2 Å². The zero-order valence-electron chi connectivity index (χ0n) is 17.4. The molecule has 1 aliphatic rings. The number of hydrogen-bond acceptors (Lipinski definition) is 6. The monoisotopic (exact) mass is 452 g/mol. The Balaban J connectivity index is 1.87. The molecule has 0 aliphatic heterocycles. The second kappa shape index (κ2) is 9.32. The molecule has 1 heterocycles. The first kappa shape index (κ1) is 22.5. The molecule has 1 aromatic carbocycles. The minimum Gasteiger partial charge on any atom is -0.465 e. The van der Waals surface area contributed by atoms with Gasteiger partial charge in [-0.3, -0.25) is 0 Å². The second-order valence-electron chi connectivity index (χ2n) is 7.64. The van der Waals surface area contributed by atoms with Crippen molar-refractivity contribution in [3.8, 4) is 10.4 Å². The first-order chi connectivity index (χ1) is 14.2. The topological polar surface area (TPSA) is 112 Å². The fraction of sp³-hybridized carbons (Fsp3) is 0.500. The van der Waals surface area contributed by atoms with Crippen LogP contribution in [-0.4, -0.2) is 51.3 Å². The highest BCUT2D eigenvalue weighted by atomic mass is 32.2. The summed E-state index contributed by atoms with van der Waals surface area (Å²) in [6.45, 7) is 2.07. The highest BCUT2D eigenvalue weighted by molar-refractivity contribution is 7.89. The lowest BCUT2D eigenvalue weighted by Gasteiger charge is -2.27. The van der Waals surface area contributed by atoms with Crippen LogP contribution in [0.4, 0.5) is 10.5 Å². The van der Waals surface area contributed by atoms with Crippen LogP contribution in [0.15, 0.2) is 29.3 Å². The number of aromatic nitrogens is 1. The van der Waals surface area contributed by atoms with Gasteiger partial charge in [0.15, 0.2) is 0 Å². The van der Waals surface area contributed by atoms with Crippen LogP contribution < -0.4 is 14.9 Å². The number of nitrogens with zero attached hydrogens (tertiary/aromatic N) is 2. The molecule has 8 nitrogen and oxygen atoms in total. The normalized spacial score (nSPS) is 19.4. The molecule has 1 aliphatic carbocycles. The van der Waals surface area contributed by atoms with E-state index in [-0.39, 0.29) is 16.9 Å². The van der Waals surface area contributed by atoms with E-state index in [0.717, 1.165) is 41.3 Å². The number of amides is 1. The predicted molar refractivity (Wildman–Crippen MR) is 119 cm³/mol. The molecule has 3 rings (SSSR count). The van der Waals surface area contributed by atoms with E-state index in [4.69, 9.17) is 5.11 Å². The molecule has 0 unspecified atom stereocenters. The van der Waals surface area contributed by atoms with E-state index >= 15 is 0 Å². The summed E-state index contributed by atoms with van der Waals surface area (Å²) in [5.41, 5.74) is 1.45. The molecule has 30 heavy (non-hydrogen) atoms. The minimum absolute atomic E-state index is 0.00590. The summed E-state index contributed by atoms with van der Waals surface area (Å²) in [4.78, 5) is 18.3. The third kappa shape index (κ3) is 5.11. The fourth-order valence-corrected chi connectivity index (χ4v) is 6.21. The van der Waals surface area contributed by atoms with Crippen LogP contribution in [-0.2, 0) is 10.0 Å². The van der Waals surface area contributed by atoms with Gasteiger partial charge in [-0.05, 0) is 37.8 Å². The summed E-state index contributed by atoms with van der Waals surface area (Å²) in [5, 5.41) is 12.4. The number of nitrogens with one attached hydrogen (secondary N) is 2. The van der Waals surface area contributed by atoms with Gasteiger partial charge in [0.2, 0.25) is 10.0 Å². The molecule has 0 atom stereocenters. The first-order valence-corrected chi connectivity index (χ1v) is 12.3. The molecule has 1 fully saturated rings. The molecule has 3 N–H and O–H groups in total. The highest BCUT2D eigenvalue weighted by Gasteiger charge is 2.27. The smallest absolute Gasteiger partial charge is 0.404 e. The standard InChI is InChI=1S/C20H28N4O4S2/c1-4-22-30(27,28)18-11-15(24(2)3)9-10-16(18)17-12-21-19(29-17)13-5-7-14(8-6-13)23-20(25)26/h9-14,22-23H,4-8H2,1-3H3,(H,25,26). The zero-order chi connectivity index (χ0) is 21.9. The van der Waals surface area contributed by atoms with E-state index in [1.54, 1.807) is 19.2 Å². The van der Waals surface area contributed by atoms with Crippen LogP contribution in [0.3, 0.4) is 0 Å². The average Bonchev–Trinajstić information content (AvgIpc) is 3.17. The van der Waals surface area contributed by atoms with E-state index in [1.807, 2.05) is 31.1 Å². The van der Waals surface area contributed by atoms with E-state index in [1.165, 1.54) is 11.3 Å². The summed E-state index contributed by atoms with van der Waals surface area (Å²) >= 11 is 1.52. The Morgan fingerprint density at radius 3 is 2.57 bits per heavy atom. The van der Waals surface area contributed by atoms with Crippen LogP contribution >= 0.6 is 11.3 Å². The van der Waals surface area contributed by atoms with Gasteiger partial charge in [0.1, 0.15) is 0 Å². The maximum atomic E-state index is 12.8. The lowest BCUT2D eigenvalue weighted by Crippen LogP contribution is -2.36. The molecular formula is C20H28N4O4S2. The summed E-state index contributed by atoms with van der Waals surface area (Å²) in [5.74, 6) is 0.269. The van der Waals surface area contributed by atoms with Gasteiger partial charge in [0.25, 0.3) is 0 Å². The molecule has 164 valence electrons. The Bertz CT molecular complexity index is 996. The lowest BCUT2D eigenvalue weighted by atomic mass is 9.86. The number of hydrogen-bond donors (Lipinski definition) is 3. The third-order valence-corrected chi connectivity index (χ3v) is 8.08.